The number of carboxylic acids is 1. The van der Waals surface area contributed by atoms with Gasteiger partial charge in [0.05, 0.1) is 6.04 Å². The lowest BCUT2D eigenvalue weighted by Crippen LogP contribution is -2.44. The number of carboxylic acid groups (broad SMARTS) is 1. The Labute approximate surface area is 198 Å². The zero-order valence-corrected chi connectivity index (χ0v) is 18.7. The maximum Gasteiger partial charge on any atom is 0.413 e. The van der Waals surface area contributed by atoms with Crippen molar-refractivity contribution in [1.29, 1.82) is 0 Å². The van der Waals surface area contributed by atoms with Gasteiger partial charge in [-0.2, -0.15) is 0 Å². The number of aliphatic carboxylic acids is 1. The molecule has 0 spiro atoms. The van der Waals surface area contributed by atoms with Crippen molar-refractivity contribution < 1.29 is 29.0 Å². The lowest BCUT2D eigenvalue weighted by molar-refractivity contribution is -0.148. The molecule has 3 aromatic rings. The summed E-state index contributed by atoms with van der Waals surface area (Å²) >= 11 is 1.08. The lowest BCUT2D eigenvalue weighted by Gasteiger charge is -2.15. The van der Waals surface area contributed by atoms with Crippen molar-refractivity contribution in [2.45, 2.75) is 24.5 Å². The van der Waals surface area contributed by atoms with E-state index in [0.717, 1.165) is 33.6 Å². The fraction of sp³-hybridized carbons (Fsp3) is 0.250. The molecular formula is C24H21N3O6S. The van der Waals surface area contributed by atoms with E-state index < -0.39 is 30.1 Å². The van der Waals surface area contributed by atoms with Gasteiger partial charge in [0.1, 0.15) is 12.3 Å². The van der Waals surface area contributed by atoms with Gasteiger partial charge in [0.2, 0.25) is 0 Å². The summed E-state index contributed by atoms with van der Waals surface area (Å²) in [5, 5.41) is 16.0. The molecule has 2 atom stereocenters. The summed E-state index contributed by atoms with van der Waals surface area (Å²) in [6.45, 7) is 0.421. The van der Waals surface area contributed by atoms with Gasteiger partial charge in [0.15, 0.2) is 11.2 Å². The summed E-state index contributed by atoms with van der Waals surface area (Å²) in [7, 11) is 0. The van der Waals surface area contributed by atoms with Crippen LogP contribution < -0.4 is 10.6 Å². The number of aromatic nitrogens is 1. The quantitative estimate of drug-likeness (QED) is 0.494. The molecule has 34 heavy (non-hydrogen) atoms. The molecule has 0 radical (unpaired) electrons. The number of fused-ring (bicyclic) bond motifs is 3. The number of thiazole rings is 1. The molecule has 5 rings (SSSR count). The molecule has 2 aromatic carbocycles. The molecule has 1 saturated heterocycles. The first kappa shape index (κ1) is 22.1. The SMILES string of the molecule is O=C(Nc1nc(C(=O)N[C@@H]2CCO[C@@H]2C(=O)O)cs1)OCC1c2ccccc2-c2ccccc21. The van der Waals surface area contributed by atoms with Crippen molar-refractivity contribution in [1.82, 2.24) is 10.3 Å². The third-order valence-electron chi connectivity index (χ3n) is 5.94. The number of rotatable bonds is 6. The largest absolute Gasteiger partial charge is 0.479 e. The standard InChI is InChI=1S/C24H21N3O6S/c28-21(25-18-9-10-32-20(18)22(29)30)19-12-34-23(26-19)27-24(31)33-11-17-15-7-3-1-5-13(15)14-6-2-4-8-16(14)17/h1-8,12,17-18,20H,9-11H2,(H,25,28)(H,29,30)(H,26,27,31)/t18-,20+/m1/s1. The number of nitrogens with zero attached hydrogens (tertiary/aromatic N) is 1. The van der Waals surface area contributed by atoms with Gasteiger partial charge in [0, 0.05) is 17.9 Å². The molecule has 174 valence electrons. The second-order valence-corrected chi connectivity index (χ2v) is 8.84. The number of carbonyl (C=O) groups is 3. The second-order valence-electron chi connectivity index (χ2n) is 7.99. The number of hydrogen-bond donors (Lipinski definition) is 3. The van der Waals surface area contributed by atoms with E-state index in [-0.39, 0.29) is 30.0 Å². The molecule has 1 aliphatic carbocycles. The first-order valence-electron chi connectivity index (χ1n) is 10.7. The summed E-state index contributed by atoms with van der Waals surface area (Å²) in [6, 6.07) is 15.5. The van der Waals surface area contributed by atoms with Gasteiger partial charge >= 0.3 is 12.1 Å². The van der Waals surface area contributed by atoms with Gasteiger partial charge in [0.25, 0.3) is 5.91 Å². The number of benzene rings is 2. The highest BCUT2D eigenvalue weighted by Crippen LogP contribution is 2.44. The molecule has 0 bridgehead atoms. The molecule has 3 N–H and O–H groups in total. The van der Waals surface area contributed by atoms with Gasteiger partial charge < -0.3 is 19.9 Å². The highest BCUT2D eigenvalue weighted by molar-refractivity contribution is 7.14. The Balaban J connectivity index is 1.19. The molecule has 2 aliphatic rings. The maximum absolute atomic E-state index is 12.4. The third-order valence-corrected chi connectivity index (χ3v) is 6.70. The first-order valence-corrected chi connectivity index (χ1v) is 11.6. The average Bonchev–Trinajstić information content (AvgIpc) is 3.56. The van der Waals surface area contributed by atoms with E-state index in [4.69, 9.17) is 14.6 Å². The molecule has 2 heterocycles. The predicted molar refractivity (Wildman–Crippen MR) is 124 cm³/mol. The van der Waals surface area contributed by atoms with Crippen LogP contribution in [0.1, 0.15) is 34.0 Å². The van der Waals surface area contributed by atoms with Crippen LogP contribution in [0, 0.1) is 0 Å². The monoisotopic (exact) mass is 479 g/mol. The molecule has 1 fully saturated rings. The van der Waals surface area contributed by atoms with Crippen LogP contribution in [0.5, 0.6) is 0 Å². The van der Waals surface area contributed by atoms with Crippen molar-refractivity contribution >= 4 is 34.4 Å². The summed E-state index contributed by atoms with van der Waals surface area (Å²) in [5.41, 5.74) is 4.58. The smallest absolute Gasteiger partial charge is 0.413 e. The second kappa shape index (κ2) is 9.24. The Morgan fingerprint density at radius 2 is 1.76 bits per heavy atom. The highest BCUT2D eigenvalue weighted by atomic mass is 32.1. The molecule has 2 amide bonds. The number of ether oxygens (including phenoxy) is 2. The number of carbonyl (C=O) groups excluding carboxylic acids is 2. The molecule has 10 heteroatoms. The number of nitrogens with one attached hydrogen (secondary N) is 2. The summed E-state index contributed by atoms with van der Waals surface area (Å²) in [5.74, 6) is -1.72. The highest BCUT2D eigenvalue weighted by Gasteiger charge is 2.35. The minimum atomic E-state index is -1.13. The fourth-order valence-electron chi connectivity index (χ4n) is 4.38. The Kier molecular flexibility index (Phi) is 5.99. The Bertz CT molecular complexity index is 1210. The van der Waals surface area contributed by atoms with Crippen molar-refractivity contribution in [3.05, 3.63) is 70.7 Å². The van der Waals surface area contributed by atoms with E-state index in [9.17, 15) is 14.4 Å². The van der Waals surface area contributed by atoms with Crippen LogP contribution in [0.2, 0.25) is 0 Å². The molecule has 0 unspecified atom stereocenters. The molecule has 1 aliphatic heterocycles. The molecule has 9 nitrogen and oxygen atoms in total. The normalized spacial score (nSPS) is 18.7. The van der Waals surface area contributed by atoms with Gasteiger partial charge in [-0.1, -0.05) is 48.5 Å². The van der Waals surface area contributed by atoms with Crippen LogP contribution >= 0.6 is 11.3 Å². The minimum Gasteiger partial charge on any atom is -0.479 e. The van der Waals surface area contributed by atoms with E-state index >= 15 is 0 Å². The zero-order valence-electron chi connectivity index (χ0n) is 17.9. The van der Waals surface area contributed by atoms with Gasteiger partial charge in [-0.05, 0) is 28.7 Å². The third kappa shape index (κ3) is 4.25. The van der Waals surface area contributed by atoms with E-state index in [0.29, 0.717) is 6.42 Å². The Hall–Kier alpha value is -3.76. The zero-order chi connectivity index (χ0) is 23.7. The number of hydrogen-bond acceptors (Lipinski definition) is 7. The molecule has 1 aromatic heterocycles. The van der Waals surface area contributed by atoms with Crippen molar-refractivity contribution in [3.63, 3.8) is 0 Å². The maximum atomic E-state index is 12.4. The van der Waals surface area contributed by atoms with E-state index in [1.165, 1.54) is 5.38 Å². The van der Waals surface area contributed by atoms with Crippen LogP contribution in [-0.4, -0.2) is 53.4 Å². The average molecular weight is 480 g/mol. The summed E-state index contributed by atoms with van der Waals surface area (Å²) in [4.78, 5) is 40.2. The number of anilines is 1. The Morgan fingerprint density at radius 3 is 2.44 bits per heavy atom. The van der Waals surface area contributed by atoms with Crippen LogP contribution in [0.4, 0.5) is 9.93 Å². The predicted octanol–water partition coefficient (Wildman–Crippen LogP) is 3.48. The van der Waals surface area contributed by atoms with E-state index in [2.05, 4.69) is 27.8 Å². The molecular weight excluding hydrogens is 458 g/mol. The van der Waals surface area contributed by atoms with Crippen LogP contribution in [-0.2, 0) is 14.3 Å². The summed E-state index contributed by atoms with van der Waals surface area (Å²) in [6.07, 6.45) is -1.35. The summed E-state index contributed by atoms with van der Waals surface area (Å²) < 4.78 is 10.6. The van der Waals surface area contributed by atoms with Crippen molar-refractivity contribution in [3.8, 4) is 11.1 Å². The van der Waals surface area contributed by atoms with Crippen molar-refractivity contribution in [2.75, 3.05) is 18.5 Å². The van der Waals surface area contributed by atoms with Crippen LogP contribution in [0.15, 0.2) is 53.9 Å². The lowest BCUT2D eigenvalue weighted by atomic mass is 9.98. The molecule has 0 saturated carbocycles. The fourth-order valence-corrected chi connectivity index (χ4v) is 5.06. The van der Waals surface area contributed by atoms with Gasteiger partial charge in [-0.3, -0.25) is 10.1 Å². The van der Waals surface area contributed by atoms with E-state index in [1.807, 2.05) is 36.4 Å². The van der Waals surface area contributed by atoms with Gasteiger partial charge in [-0.15, -0.1) is 11.3 Å². The Morgan fingerprint density at radius 1 is 1.09 bits per heavy atom. The van der Waals surface area contributed by atoms with Gasteiger partial charge in [-0.25, -0.2) is 14.6 Å². The first-order chi connectivity index (χ1) is 16.5. The van der Waals surface area contributed by atoms with Crippen LogP contribution in [0.25, 0.3) is 11.1 Å². The van der Waals surface area contributed by atoms with Crippen molar-refractivity contribution in [2.24, 2.45) is 0 Å². The topological polar surface area (TPSA) is 127 Å². The van der Waals surface area contributed by atoms with Crippen LogP contribution in [0.3, 0.4) is 0 Å². The number of amides is 2. The van der Waals surface area contributed by atoms with E-state index in [1.54, 1.807) is 0 Å². The minimum absolute atomic E-state index is 0.0633.